The standard InChI is InChI=1S/C14H16N2O4/c1-7(8(2)14(19)20)13(18)16-11-6-4-5-10(9(11)3)12(15)17/h4-6H,1-3H3,(H2,15,17)(H,16,18)(H,19,20). The number of nitrogens with one attached hydrogen (secondary N) is 1. The minimum absolute atomic E-state index is 0.0359. The molecule has 20 heavy (non-hydrogen) atoms. The fourth-order valence-corrected chi connectivity index (χ4v) is 1.58. The Morgan fingerprint density at radius 3 is 2.25 bits per heavy atom. The predicted octanol–water partition coefficient (Wildman–Crippen LogP) is 1.45. The number of hydrogen-bond donors (Lipinski definition) is 3. The molecule has 106 valence electrons. The smallest absolute Gasteiger partial charge is 0.331 e. The van der Waals surface area contributed by atoms with Crippen LogP contribution < -0.4 is 11.1 Å². The largest absolute Gasteiger partial charge is 0.478 e. The Balaban J connectivity index is 3.09. The van der Waals surface area contributed by atoms with Crippen molar-refractivity contribution in [3.8, 4) is 0 Å². The maximum atomic E-state index is 11.9. The Hall–Kier alpha value is -2.63. The van der Waals surface area contributed by atoms with Gasteiger partial charge in [-0.2, -0.15) is 0 Å². The molecule has 0 spiro atoms. The number of primary amides is 1. The second-order valence-electron chi connectivity index (χ2n) is 4.35. The molecule has 0 unspecified atom stereocenters. The van der Waals surface area contributed by atoms with Crippen molar-refractivity contribution in [2.45, 2.75) is 20.8 Å². The van der Waals surface area contributed by atoms with Crippen LogP contribution in [0.5, 0.6) is 0 Å². The van der Waals surface area contributed by atoms with E-state index >= 15 is 0 Å². The average molecular weight is 276 g/mol. The molecule has 0 bridgehead atoms. The zero-order valence-corrected chi connectivity index (χ0v) is 11.5. The van der Waals surface area contributed by atoms with Gasteiger partial charge < -0.3 is 16.2 Å². The number of rotatable bonds is 4. The van der Waals surface area contributed by atoms with E-state index in [4.69, 9.17) is 10.8 Å². The number of hydrogen-bond acceptors (Lipinski definition) is 3. The summed E-state index contributed by atoms with van der Waals surface area (Å²) < 4.78 is 0. The van der Waals surface area contributed by atoms with Crippen molar-refractivity contribution < 1.29 is 19.5 Å². The second-order valence-corrected chi connectivity index (χ2v) is 4.35. The van der Waals surface area contributed by atoms with Crippen molar-refractivity contribution in [1.82, 2.24) is 0 Å². The van der Waals surface area contributed by atoms with Crippen molar-refractivity contribution in [3.05, 3.63) is 40.5 Å². The van der Waals surface area contributed by atoms with Crippen LogP contribution in [-0.4, -0.2) is 22.9 Å². The van der Waals surface area contributed by atoms with E-state index in [1.807, 2.05) is 0 Å². The van der Waals surface area contributed by atoms with E-state index in [0.29, 0.717) is 16.8 Å². The zero-order chi connectivity index (χ0) is 15.4. The van der Waals surface area contributed by atoms with Crippen LogP contribution in [0.1, 0.15) is 29.8 Å². The van der Waals surface area contributed by atoms with Gasteiger partial charge in [0.1, 0.15) is 0 Å². The minimum Gasteiger partial charge on any atom is -0.478 e. The third-order valence-electron chi connectivity index (χ3n) is 3.07. The van der Waals surface area contributed by atoms with Crippen LogP contribution >= 0.6 is 0 Å². The fraction of sp³-hybridized carbons (Fsp3) is 0.214. The van der Waals surface area contributed by atoms with Gasteiger partial charge in [0, 0.05) is 22.4 Å². The molecule has 1 rings (SSSR count). The van der Waals surface area contributed by atoms with Gasteiger partial charge in [-0.05, 0) is 38.5 Å². The van der Waals surface area contributed by atoms with Crippen molar-refractivity contribution in [2.24, 2.45) is 5.73 Å². The van der Waals surface area contributed by atoms with E-state index in [9.17, 15) is 14.4 Å². The third-order valence-corrected chi connectivity index (χ3v) is 3.07. The van der Waals surface area contributed by atoms with Gasteiger partial charge in [-0.15, -0.1) is 0 Å². The minimum atomic E-state index is -1.15. The van der Waals surface area contributed by atoms with E-state index in [1.165, 1.54) is 13.8 Å². The summed E-state index contributed by atoms with van der Waals surface area (Å²) >= 11 is 0. The highest BCUT2D eigenvalue weighted by Gasteiger charge is 2.15. The lowest BCUT2D eigenvalue weighted by atomic mass is 10.1. The first-order valence-electron chi connectivity index (χ1n) is 5.87. The first kappa shape index (κ1) is 15.4. The van der Waals surface area contributed by atoms with Crippen LogP contribution in [0.4, 0.5) is 5.69 Å². The van der Waals surface area contributed by atoms with Crippen molar-refractivity contribution in [2.75, 3.05) is 5.32 Å². The highest BCUT2D eigenvalue weighted by molar-refractivity contribution is 6.09. The number of carbonyl (C=O) groups is 3. The molecule has 6 nitrogen and oxygen atoms in total. The highest BCUT2D eigenvalue weighted by Crippen LogP contribution is 2.19. The summed E-state index contributed by atoms with van der Waals surface area (Å²) in [5.74, 6) is -2.28. The van der Waals surface area contributed by atoms with Crippen molar-refractivity contribution in [1.29, 1.82) is 0 Å². The maximum absolute atomic E-state index is 11.9. The molecule has 0 aliphatic carbocycles. The fourth-order valence-electron chi connectivity index (χ4n) is 1.58. The van der Waals surface area contributed by atoms with E-state index in [1.54, 1.807) is 25.1 Å². The molecular weight excluding hydrogens is 260 g/mol. The van der Waals surface area contributed by atoms with Gasteiger partial charge >= 0.3 is 5.97 Å². The molecule has 1 aromatic rings. The quantitative estimate of drug-likeness (QED) is 0.723. The summed E-state index contributed by atoms with van der Waals surface area (Å²) in [6.45, 7) is 4.43. The molecule has 0 saturated carbocycles. The number of benzene rings is 1. The molecule has 0 atom stereocenters. The monoisotopic (exact) mass is 276 g/mol. The summed E-state index contributed by atoms with van der Waals surface area (Å²) in [6.07, 6.45) is 0. The number of amides is 2. The topological polar surface area (TPSA) is 109 Å². The SMILES string of the molecule is CC(C(=O)O)=C(C)C(=O)Nc1cccc(C(N)=O)c1C. The van der Waals surface area contributed by atoms with Crippen LogP contribution in [0.3, 0.4) is 0 Å². The Morgan fingerprint density at radius 1 is 1.15 bits per heavy atom. The summed E-state index contributed by atoms with van der Waals surface area (Å²) in [4.78, 5) is 34.0. The lowest BCUT2D eigenvalue weighted by Crippen LogP contribution is -2.18. The predicted molar refractivity (Wildman–Crippen MR) is 74.3 cm³/mol. The zero-order valence-electron chi connectivity index (χ0n) is 11.5. The first-order chi connectivity index (χ1) is 9.25. The molecule has 6 heteroatoms. The number of carboxylic acids is 1. The number of nitrogens with two attached hydrogens (primary N) is 1. The van der Waals surface area contributed by atoms with Gasteiger partial charge in [-0.3, -0.25) is 9.59 Å². The summed E-state index contributed by atoms with van der Waals surface area (Å²) in [5, 5.41) is 11.4. The van der Waals surface area contributed by atoms with Crippen molar-refractivity contribution >= 4 is 23.5 Å². The summed E-state index contributed by atoms with van der Waals surface area (Å²) in [6, 6.07) is 4.76. The van der Waals surface area contributed by atoms with Crippen LogP contribution in [0.2, 0.25) is 0 Å². The lowest BCUT2D eigenvalue weighted by molar-refractivity contribution is -0.133. The Bertz CT molecular complexity index is 618. The molecule has 1 aromatic carbocycles. The molecular formula is C14H16N2O4. The van der Waals surface area contributed by atoms with Gasteiger partial charge in [-0.25, -0.2) is 4.79 Å². The molecule has 0 radical (unpaired) electrons. The molecule has 0 saturated heterocycles. The Kier molecular flexibility index (Phi) is 4.63. The second kappa shape index (κ2) is 6.01. The Morgan fingerprint density at radius 2 is 1.75 bits per heavy atom. The summed E-state index contributed by atoms with van der Waals surface area (Å²) in [7, 11) is 0. The van der Waals surface area contributed by atoms with Crippen LogP contribution in [0, 0.1) is 6.92 Å². The number of carbonyl (C=O) groups excluding carboxylic acids is 2. The van der Waals surface area contributed by atoms with Gasteiger partial charge in [0.25, 0.3) is 5.91 Å². The summed E-state index contributed by atoms with van der Waals surface area (Å²) in [5.41, 5.74) is 6.55. The number of aliphatic carboxylic acids is 1. The van der Waals surface area contributed by atoms with Crippen LogP contribution in [0.25, 0.3) is 0 Å². The van der Waals surface area contributed by atoms with Crippen LogP contribution in [-0.2, 0) is 9.59 Å². The normalized spacial score (nSPS) is 11.6. The molecule has 0 heterocycles. The number of carboxylic acid groups (broad SMARTS) is 1. The third kappa shape index (κ3) is 3.23. The van der Waals surface area contributed by atoms with Gasteiger partial charge in [0.05, 0.1) is 0 Å². The number of anilines is 1. The van der Waals surface area contributed by atoms with E-state index in [0.717, 1.165) is 0 Å². The van der Waals surface area contributed by atoms with E-state index < -0.39 is 17.8 Å². The molecule has 0 aliphatic rings. The van der Waals surface area contributed by atoms with Gasteiger partial charge in [0.2, 0.25) is 5.91 Å². The molecule has 0 aliphatic heterocycles. The highest BCUT2D eigenvalue weighted by atomic mass is 16.4. The van der Waals surface area contributed by atoms with Crippen LogP contribution in [0.15, 0.2) is 29.3 Å². The van der Waals surface area contributed by atoms with E-state index in [2.05, 4.69) is 5.32 Å². The molecule has 0 aromatic heterocycles. The van der Waals surface area contributed by atoms with Gasteiger partial charge in [0.15, 0.2) is 0 Å². The molecule has 4 N–H and O–H groups in total. The molecule has 0 fully saturated rings. The van der Waals surface area contributed by atoms with E-state index in [-0.39, 0.29) is 11.1 Å². The molecule has 2 amide bonds. The lowest BCUT2D eigenvalue weighted by Gasteiger charge is -2.11. The first-order valence-corrected chi connectivity index (χ1v) is 5.87. The maximum Gasteiger partial charge on any atom is 0.331 e. The van der Waals surface area contributed by atoms with Gasteiger partial charge in [-0.1, -0.05) is 6.07 Å². The Labute approximate surface area is 116 Å². The van der Waals surface area contributed by atoms with Crippen molar-refractivity contribution in [3.63, 3.8) is 0 Å². The average Bonchev–Trinajstić information content (AvgIpc) is 2.38.